The Balaban J connectivity index is 2.10. The normalized spacial score (nSPS) is 12.2. The summed E-state index contributed by atoms with van der Waals surface area (Å²) in [7, 11) is -1.53. The summed E-state index contributed by atoms with van der Waals surface area (Å²) in [5.41, 5.74) is 7.62. The molecule has 0 aromatic heterocycles. The van der Waals surface area contributed by atoms with Crippen LogP contribution in [0.1, 0.15) is 43.7 Å². The van der Waals surface area contributed by atoms with Crippen LogP contribution < -0.4 is 0 Å². The van der Waals surface area contributed by atoms with Crippen LogP contribution in [0.5, 0.6) is 0 Å². The standard InChI is InChI=1S/C23H30Si/c1-3-4-5-12-19-24(2,20-17-22-13-8-6-9-14-22)21-18-23-15-10-7-11-16-23/h6-11,13-18,20-21H,3-5,12,19H2,1-2H3/b20-17+,21-18+. The maximum absolute atomic E-state index is 2.51. The van der Waals surface area contributed by atoms with E-state index in [1.54, 1.807) is 0 Å². The van der Waals surface area contributed by atoms with Crippen molar-refractivity contribution in [3.05, 3.63) is 83.2 Å². The molecule has 2 rings (SSSR count). The molecule has 0 saturated carbocycles. The van der Waals surface area contributed by atoms with Gasteiger partial charge < -0.3 is 0 Å². The summed E-state index contributed by atoms with van der Waals surface area (Å²) >= 11 is 0. The second kappa shape index (κ2) is 10.1. The zero-order valence-corrected chi connectivity index (χ0v) is 16.1. The lowest BCUT2D eigenvalue weighted by Crippen LogP contribution is -2.24. The molecule has 0 unspecified atom stereocenters. The highest BCUT2D eigenvalue weighted by Crippen LogP contribution is 2.21. The highest BCUT2D eigenvalue weighted by atomic mass is 28.3. The fourth-order valence-corrected chi connectivity index (χ4v) is 5.46. The molecule has 2 aromatic rings. The van der Waals surface area contributed by atoms with Gasteiger partial charge in [-0.05, 0) is 11.1 Å². The van der Waals surface area contributed by atoms with Gasteiger partial charge in [-0.1, -0.05) is 129 Å². The molecule has 0 heterocycles. The molecule has 0 amide bonds. The predicted molar refractivity (Wildman–Crippen MR) is 112 cm³/mol. The fraction of sp³-hybridized carbons (Fsp3) is 0.304. The smallest absolute Gasteiger partial charge is 0.0899 e. The van der Waals surface area contributed by atoms with Crippen molar-refractivity contribution >= 4 is 20.2 Å². The number of rotatable bonds is 9. The second-order valence-electron chi connectivity index (χ2n) is 6.80. The van der Waals surface area contributed by atoms with Crippen LogP contribution in [-0.4, -0.2) is 8.07 Å². The molecule has 0 spiro atoms. The first kappa shape index (κ1) is 18.5. The number of hydrogen-bond acceptors (Lipinski definition) is 0. The summed E-state index contributed by atoms with van der Waals surface area (Å²) < 4.78 is 0. The molecular weight excluding hydrogens is 304 g/mol. The van der Waals surface area contributed by atoms with Crippen molar-refractivity contribution < 1.29 is 0 Å². The molecular formula is C23H30Si. The predicted octanol–water partition coefficient (Wildman–Crippen LogP) is 7.15. The topological polar surface area (TPSA) is 0 Å². The summed E-state index contributed by atoms with van der Waals surface area (Å²) in [5, 5.41) is 0. The van der Waals surface area contributed by atoms with Crippen LogP contribution in [0.2, 0.25) is 12.6 Å². The monoisotopic (exact) mass is 334 g/mol. The molecule has 2 aromatic carbocycles. The first-order valence-corrected chi connectivity index (χ1v) is 12.1. The van der Waals surface area contributed by atoms with Crippen LogP contribution in [-0.2, 0) is 0 Å². The van der Waals surface area contributed by atoms with Gasteiger partial charge >= 0.3 is 0 Å². The van der Waals surface area contributed by atoms with Gasteiger partial charge in [-0.2, -0.15) is 0 Å². The molecule has 0 fully saturated rings. The molecule has 0 N–H and O–H groups in total. The molecule has 0 atom stereocenters. The third-order valence-electron chi connectivity index (χ3n) is 4.48. The van der Waals surface area contributed by atoms with Crippen molar-refractivity contribution in [2.24, 2.45) is 0 Å². The number of hydrogen-bond donors (Lipinski definition) is 0. The second-order valence-corrected chi connectivity index (χ2v) is 11.0. The Morgan fingerprint density at radius 3 is 1.67 bits per heavy atom. The molecule has 0 aliphatic rings. The van der Waals surface area contributed by atoms with Crippen LogP contribution in [0.3, 0.4) is 0 Å². The Kier molecular flexibility index (Phi) is 7.77. The Morgan fingerprint density at radius 1 is 0.708 bits per heavy atom. The van der Waals surface area contributed by atoms with E-state index in [1.807, 2.05) is 0 Å². The maximum Gasteiger partial charge on any atom is 0.0985 e. The summed E-state index contributed by atoms with van der Waals surface area (Å²) in [6.07, 6.45) is 10.0. The van der Waals surface area contributed by atoms with Gasteiger partial charge in [0.1, 0.15) is 0 Å². The van der Waals surface area contributed by atoms with Crippen LogP contribution in [0, 0.1) is 0 Å². The van der Waals surface area contributed by atoms with Crippen molar-refractivity contribution in [2.75, 3.05) is 0 Å². The van der Waals surface area contributed by atoms with E-state index in [4.69, 9.17) is 0 Å². The van der Waals surface area contributed by atoms with Gasteiger partial charge in [0.25, 0.3) is 0 Å². The molecule has 1 heteroatoms. The Bertz CT molecular complexity index is 576. The van der Waals surface area contributed by atoms with E-state index in [0.29, 0.717) is 0 Å². The first-order valence-electron chi connectivity index (χ1n) is 9.20. The minimum absolute atomic E-state index is 1.30. The molecule has 0 bridgehead atoms. The van der Waals surface area contributed by atoms with Gasteiger partial charge in [0.05, 0.1) is 8.07 Å². The average Bonchev–Trinajstić information content (AvgIpc) is 2.64. The Hall–Kier alpha value is -1.86. The summed E-state index contributed by atoms with van der Waals surface area (Å²) in [6, 6.07) is 22.7. The highest BCUT2D eigenvalue weighted by Gasteiger charge is 2.19. The summed E-state index contributed by atoms with van der Waals surface area (Å²) in [4.78, 5) is 0. The van der Waals surface area contributed by atoms with Gasteiger partial charge in [0.15, 0.2) is 0 Å². The Labute approximate surface area is 149 Å². The third kappa shape index (κ3) is 6.72. The van der Waals surface area contributed by atoms with Crippen LogP contribution in [0.4, 0.5) is 0 Å². The summed E-state index contributed by atoms with van der Waals surface area (Å²) in [5.74, 6) is 0. The minimum Gasteiger partial charge on any atom is -0.0899 e. The molecule has 24 heavy (non-hydrogen) atoms. The SMILES string of the molecule is CCCCCC[Si](C)(/C=C/c1ccccc1)/C=C/c1ccccc1. The quantitative estimate of drug-likeness (QED) is 0.337. The zero-order chi connectivity index (χ0) is 17.1. The Morgan fingerprint density at radius 2 is 1.21 bits per heavy atom. The molecule has 126 valence electrons. The van der Waals surface area contributed by atoms with Crippen LogP contribution in [0.15, 0.2) is 72.1 Å². The van der Waals surface area contributed by atoms with E-state index in [-0.39, 0.29) is 0 Å². The number of benzene rings is 2. The van der Waals surface area contributed by atoms with E-state index in [9.17, 15) is 0 Å². The number of unbranched alkanes of at least 4 members (excludes halogenated alkanes) is 3. The van der Waals surface area contributed by atoms with Crippen molar-refractivity contribution in [2.45, 2.75) is 45.2 Å². The lowest BCUT2D eigenvalue weighted by atomic mass is 10.2. The lowest BCUT2D eigenvalue weighted by molar-refractivity contribution is 0.698. The summed E-state index contributed by atoms with van der Waals surface area (Å²) in [6.45, 7) is 4.76. The fourth-order valence-electron chi connectivity index (χ4n) is 2.86. The molecule has 0 saturated heterocycles. The molecule has 0 aliphatic heterocycles. The van der Waals surface area contributed by atoms with Gasteiger partial charge in [0, 0.05) is 0 Å². The van der Waals surface area contributed by atoms with Gasteiger partial charge in [0.2, 0.25) is 0 Å². The average molecular weight is 335 g/mol. The largest absolute Gasteiger partial charge is 0.0985 e. The first-order chi connectivity index (χ1) is 11.7. The molecule has 0 aliphatic carbocycles. The van der Waals surface area contributed by atoms with E-state index < -0.39 is 8.07 Å². The van der Waals surface area contributed by atoms with E-state index >= 15 is 0 Å². The van der Waals surface area contributed by atoms with E-state index in [1.165, 1.54) is 42.9 Å². The van der Waals surface area contributed by atoms with Crippen molar-refractivity contribution in [3.63, 3.8) is 0 Å². The van der Waals surface area contributed by atoms with Crippen LogP contribution in [0.25, 0.3) is 12.2 Å². The van der Waals surface area contributed by atoms with Crippen molar-refractivity contribution in [3.8, 4) is 0 Å². The van der Waals surface area contributed by atoms with Gasteiger partial charge in [-0.15, -0.1) is 0 Å². The minimum atomic E-state index is -1.53. The molecule has 0 nitrogen and oxygen atoms in total. The maximum atomic E-state index is 2.51. The van der Waals surface area contributed by atoms with Crippen molar-refractivity contribution in [1.29, 1.82) is 0 Å². The van der Waals surface area contributed by atoms with E-state index in [0.717, 1.165) is 0 Å². The molecule has 0 radical (unpaired) electrons. The van der Waals surface area contributed by atoms with E-state index in [2.05, 4.69) is 97.7 Å². The van der Waals surface area contributed by atoms with Crippen LogP contribution >= 0.6 is 0 Å². The van der Waals surface area contributed by atoms with Gasteiger partial charge in [-0.25, -0.2) is 0 Å². The zero-order valence-electron chi connectivity index (χ0n) is 15.1. The van der Waals surface area contributed by atoms with Gasteiger partial charge in [-0.3, -0.25) is 0 Å². The lowest BCUT2D eigenvalue weighted by Gasteiger charge is -2.19. The highest BCUT2D eigenvalue weighted by molar-refractivity contribution is 6.88. The van der Waals surface area contributed by atoms with Crippen molar-refractivity contribution in [1.82, 2.24) is 0 Å². The third-order valence-corrected chi connectivity index (χ3v) is 7.77.